The van der Waals surface area contributed by atoms with Gasteiger partial charge < -0.3 is 20.5 Å². The molecule has 1 aromatic carbocycles. The third-order valence-electron chi connectivity index (χ3n) is 4.52. The van der Waals surface area contributed by atoms with Gasteiger partial charge in [-0.05, 0) is 25.0 Å². The molecule has 2 atom stereocenters. The van der Waals surface area contributed by atoms with E-state index in [-0.39, 0.29) is 24.0 Å². The summed E-state index contributed by atoms with van der Waals surface area (Å²) < 4.78 is 5.24. The molecular weight excluding hydrogens is 280 g/mol. The fourth-order valence-electron chi connectivity index (χ4n) is 2.92. The number of ether oxygens (including phenoxy) is 1. The number of anilines is 1. The van der Waals surface area contributed by atoms with Crippen LogP contribution in [0.5, 0.6) is 5.75 Å². The highest BCUT2D eigenvalue weighted by molar-refractivity contribution is 5.81. The third-order valence-corrected chi connectivity index (χ3v) is 4.52. The molecule has 0 heterocycles. The van der Waals surface area contributed by atoms with E-state index >= 15 is 0 Å². The lowest BCUT2D eigenvalue weighted by Crippen LogP contribution is -2.46. The molecule has 1 aliphatic rings. The van der Waals surface area contributed by atoms with E-state index in [4.69, 9.17) is 4.74 Å². The molecule has 0 spiro atoms. The van der Waals surface area contributed by atoms with Gasteiger partial charge in [-0.3, -0.25) is 4.79 Å². The van der Waals surface area contributed by atoms with Crippen molar-refractivity contribution in [2.24, 2.45) is 5.41 Å². The fraction of sp³-hybridized carbons (Fsp3) is 0.588. The summed E-state index contributed by atoms with van der Waals surface area (Å²) in [5.41, 5.74) is 0.585. The predicted octanol–water partition coefficient (Wildman–Crippen LogP) is 2.16. The summed E-state index contributed by atoms with van der Waals surface area (Å²) in [5, 5.41) is 16.1. The Balaban J connectivity index is 1.81. The molecule has 0 aromatic heterocycles. The first-order valence-electron chi connectivity index (χ1n) is 7.87. The van der Waals surface area contributed by atoms with Gasteiger partial charge in [-0.2, -0.15) is 0 Å². The normalized spacial score (nSPS) is 24.6. The number of hydrogen-bond acceptors (Lipinski definition) is 4. The molecule has 0 saturated heterocycles. The molecule has 0 unspecified atom stereocenters. The van der Waals surface area contributed by atoms with Crippen molar-refractivity contribution in [3.8, 4) is 5.75 Å². The highest BCUT2D eigenvalue weighted by Crippen LogP contribution is 2.35. The number of nitrogens with one attached hydrogen (secondary N) is 2. The summed E-state index contributed by atoms with van der Waals surface area (Å²) in [6.07, 6.45) is 3.63. The van der Waals surface area contributed by atoms with Crippen LogP contribution in [0.15, 0.2) is 24.3 Å². The van der Waals surface area contributed by atoms with E-state index in [2.05, 4.69) is 10.6 Å². The zero-order valence-corrected chi connectivity index (χ0v) is 13.4. The Labute approximate surface area is 132 Å². The number of hydrogen-bond donors (Lipinski definition) is 3. The van der Waals surface area contributed by atoms with Gasteiger partial charge in [-0.15, -0.1) is 0 Å². The largest absolute Gasteiger partial charge is 0.495 e. The number of rotatable bonds is 6. The number of carbonyl (C=O) groups is 1. The van der Waals surface area contributed by atoms with Crippen molar-refractivity contribution >= 4 is 11.6 Å². The van der Waals surface area contributed by atoms with Crippen molar-refractivity contribution in [1.82, 2.24) is 5.32 Å². The minimum absolute atomic E-state index is 0.0788. The lowest BCUT2D eigenvalue weighted by atomic mass is 9.73. The first kappa shape index (κ1) is 16.6. The number of amides is 1. The molecule has 122 valence electrons. The van der Waals surface area contributed by atoms with Gasteiger partial charge in [0.15, 0.2) is 0 Å². The average molecular weight is 306 g/mol. The molecule has 1 aliphatic carbocycles. The van der Waals surface area contributed by atoms with Crippen LogP contribution in [0.3, 0.4) is 0 Å². The lowest BCUT2D eigenvalue weighted by Gasteiger charge is -2.38. The zero-order valence-electron chi connectivity index (χ0n) is 13.4. The van der Waals surface area contributed by atoms with Gasteiger partial charge in [0, 0.05) is 12.0 Å². The first-order chi connectivity index (χ1) is 10.5. The van der Waals surface area contributed by atoms with Gasteiger partial charge in [-0.1, -0.05) is 31.9 Å². The summed E-state index contributed by atoms with van der Waals surface area (Å²) in [4.78, 5) is 12.0. The van der Waals surface area contributed by atoms with Crippen molar-refractivity contribution < 1.29 is 14.6 Å². The van der Waals surface area contributed by atoms with E-state index in [1.54, 1.807) is 7.11 Å². The second kappa shape index (κ2) is 7.49. The van der Waals surface area contributed by atoms with E-state index in [1.807, 2.05) is 31.2 Å². The summed E-state index contributed by atoms with van der Waals surface area (Å²) in [6.45, 7) is 2.75. The maximum absolute atomic E-state index is 12.0. The lowest BCUT2D eigenvalue weighted by molar-refractivity contribution is -0.120. The van der Waals surface area contributed by atoms with E-state index in [9.17, 15) is 9.90 Å². The molecule has 5 heteroatoms. The van der Waals surface area contributed by atoms with Crippen LogP contribution in [0.4, 0.5) is 5.69 Å². The second-order valence-corrected chi connectivity index (χ2v) is 6.25. The van der Waals surface area contributed by atoms with Crippen LogP contribution in [0.2, 0.25) is 0 Å². The molecule has 2 rings (SSSR count). The molecular formula is C17H26N2O3. The number of aliphatic hydroxyl groups is 1. The maximum Gasteiger partial charge on any atom is 0.239 e. The first-order valence-corrected chi connectivity index (χ1v) is 7.87. The Kier molecular flexibility index (Phi) is 5.66. The molecule has 0 aliphatic heterocycles. The van der Waals surface area contributed by atoms with Gasteiger partial charge in [0.25, 0.3) is 0 Å². The van der Waals surface area contributed by atoms with Gasteiger partial charge >= 0.3 is 0 Å². The van der Waals surface area contributed by atoms with Crippen molar-refractivity contribution in [2.75, 3.05) is 25.5 Å². The van der Waals surface area contributed by atoms with Crippen LogP contribution < -0.4 is 15.4 Å². The Hall–Kier alpha value is -1.75. The monoisotopic (exact) mass is 306 g/mol. The smallest absolute Gasteiger partial charge is 0.239 e. The topological polar surface area (TPSA) is 70.6 Å². The number of carbonyl (C=O) groups excluding carboxylic acids is 1. The number of methoxy groups -OCH3 is 1. The number of para-hydroxylation sites is 2. The Morgan fingerprint density at radius 3 is 2.91 bits per heavy atom. The molecule has 1 saturated carbocycles. The maximum atomic E-state index is 12.0. The van der Waals surface area contributed by atoms with Crippen LogP contribution in [0, 0.1) is 5.41 Å². The second-order valence-electron chi connectivity index (χ2n) is 6.25. The minimum atomic E-state index is -0.330. The van der Waals surface area contributed by atoms with Crippen LogP contribution in [-0.4, -0.2) is 37.3 Å². The third kappa shape index (κ3) is 4.13. The van der Waals surface area contributed by atoms with Gasteiger partial charge in [-0.25, -0.2) is 0 Å². The van der Waals surface area contributed by atoms with E-state index in [0.29, 0.717) is 12.3 Å². The summed E-state index contributed by atoms with van der Waals surface area (Å²) in [5.74, 6) is 0.634. The molecule has 1 fully saturated rings. The molecule has 1 amide bonds. The zero-order chi connectivity index (χ0) is 16.0. The van der Waals surface area contributed by atoms with Crippen LogP contribution >= 0.6 is 0 Å². The Morgan fingerprint density at radius 1 is 1.41 bits per heavy atom. The number of benzene rings is 1. The highest BCUT2D eigenvalue weighted by atomic mass is 16.5. The summed E-state index contributed by atoms with van der Waals surface area (Å²) in [7, 11) is 1.60. The molecule has 22 heavy (non-hydrogen) atoms. The van der Waals surface area contributed by atoms with Crippen molar-refractivity contribution in [3.63, 3.8) is 0 Å². The van der Waals surface area contributed by atoms with E-state index < -0.39 is 0 Å². The molecule has 0 radical (unpaired) electrons. The van der Waals surface area contributed by atoms with E-state index in [1.165, 1.54) is 0 Å². The van der Waals surface area contributed by atoms with Crippen molar-refractivity contribution in [3.05, 3.63) is 24.3 Å². The summed E-state index contributed by atoms with van der Waals surface area (Å²) in [6, 6.07) is 7.50. The summed E-state index contributed by atoms with van der Waals surface area (Å²) >= 11 is 0. The van der Waals surface area contributed by atoms with Gasteiger partial charge in [0.05, 0.1) is 25.4 Å². The Bertz CT molecular complexity index is 506. The highest BCUT2D eigenvalue weighted by Gasteiger charge is 2.35. The predicted molar refractivity (Wildman–Crippen MR) is 87.1 cm³/mol. The molecule has 0 bridgehead atoms. The molecule has 5 nitrogen and oxygen atoms in total. The standard InChI is InChI=1S/C17H26N2O3/c1-17(10-6-5-9-15(17)20)12-19-16(21)11-18-13-7-3-4-8-14(13)22-2/h3-4,7-8,15,18,20H,5-6,9-12H2,1-2H3,(H,19,21)/t15-,17+/m0/s1. The number of aliphatic hydroxyl groups excluding tert-OH is 1. The van der Waals surface area contributed by atoms with Gasteiger partial charge in [0.2, 0.25) is 5.91 Å². The van der Waals surface area contributed by atoms with Crippen LogP contribution in [0.25, 0.3) is 0 Å². The van der Waals surface area contributed by atoms with Crippen LogP contribution in [-0.2, 0) is 4.79 Å². The van der Waals surface area contributed by atoms with Crippen molar-refractivity contribution in [1.29, 1.82) is 0 Å². The van der Waals surface area contributed by atoms with E-state index in [0.717, 1.165) is 31.4 Å². The molecule has 3 N–H and O–H groups in total. The SMILES string of the molecule is COc1ccccc1NCC(=O)NC[C@@]1(C)CCCC[C@@H]1O. The average Bonchev–Trinajstić information content (AvgIpc) is 2.54. The fourth-order valence-corrected chi connectivity index (χ4v) is 2.92. The quantitative estimate of drug-likeness (QED) is 0.753. The minimum Gasteiger partial charge on any atom is -0.495 e. The molecule has 1 aromatic rings. The van der Waals surface area contributed by atoms with Crippen LogP contribution in [0.1, 0.15) is 32.6 Å². The van der Waals surface area contributed by atoms with Gasteiger partial charge in [0.1, 0.15) is 5.75 Å². The Morgan fingerprint density at radius 2 is 2.18 bits per heavy atom. The van der Waals surface area contributed by atoms with Crippen molar-refractivity contribution in [2.45, 2.75) is 38.7 Å².